The van der Waals surface area contributed by atoms with Crippen LogP contribution in [0.5, 0.6) is 5.75 Å². The van der Waals surface area contributed by atoms with Crippen LogP contribution in [0.1, 0.15) is 5.56 Å². The molecule has 0 N–H and O–H groups in total. The molecule has 7 heteroatoms. The van der Waals surface area contributed by atoms with E-state index in [1.54, 1.807) is 23.9 Å². The standard InChI is InChI=1S/C14H12N4O3/c1-21-13-4-2-3-12-14(13)15-16-17(12)9-10-5-7-11(8-6-10)18(19)20/h2-8H,9H2,1H3. The fourth-order valence-corrected chi connectivity index (χ4v) is 2.14. The van der Waals surface area contributed by atoms with E-state index in [-0.39, 0.29) is 5.69 Å². The third-order valence-corrected chi connectivity index (χ3v) is 3.21. The lowest BCUT2D eigenvalue weighted by Crippen LogP contribution is -2.02. The molecular weight excluding hydrogens is 272 g/mol. The maximum Gasteiger partial charge on any atom is 0.269 e. The Labute approximate surface area is 119 Å². The third kappa shape index (κ3) is 2.40. The number of aromatic nitrogens is 3. The van der Waals surface area contributed by atoms with Crippen molar-refractivity contribution in [2.75, 3.05) is 7.11 Å². The van der Waals surface area contributed by atoms with E-state index in [2.05, 4.69) is 10.3 Å². The Bertz CT molecular complexity index is 796. The van der Waals surface area contributed by atoms with Gasteiger partial charge in [-0.2, -0.15) is 0 Å². The van der Waals surface area contributed by atoms with Crippen LogP contribution in [0.3, 0.4) is 0 Å². The summed E-state index contributed by atoms with van der Waals surface area (Å²) >= 11 is 0. The zero-order valence-corrected chi connectivity index (χ0v) is 11.3. The van der Waals surface area contributed by atoms with Crippen LogP contribution in [0.15, 0.2) is 42.5 Å². The van der Waals surface area contributed by atoms with Crippen molar-refractivity contribution in [1.29, 1.82) is 0 Å². The number of hydrogen-bond donors (Lipinski definition) is 0. The number of hydrogen-bond acceptors (Lipinski definition) is 5. The summed E-state index contributed by atoms with van der Waals surface area (Å²) < 4.78 is 6.98. The number of nitro groups is 1. The second-order valence-corrected chi connectivity index (χ2v) is 4.50. The monoisotopic (exact) mass is 284 g/mol. The topological polar surface area (TPSA) is 83.1 Å². The third-order valence-electron chi connectivity index (χ3n) is 3.21. The Morgan fingerprint density at radius 1 is 1.24 bits per heavy atom. The molecular formula is C14H12N4O3. The molecule has 0 saturated heterocycles. The molecule has 0 atom stereocenters. The summed E-state index contributed by atoms with van der Waals surface area (Å²) in [7, 11) is 1.59. The number of nitrogens with zero attached hydrogens (tertiary/aromatic N) is 4. The second-order valence-electron chi connectivity index (χ2n) is 4.50. The number of methoxy groups -OCH3 is 1. The van der Waals surface area contributed by atoms with Crippen molar-refractivity contribution in [3.8, 4) is 5.75 Å². The average Bonchev–Trinajstić information content (AvgIpc) is 2.91. The van der Waals surface area contributed by atoms with Gasteiger partial charge in [0, 0.05) is 12.1 Å². The highest BCUT2D eigenvalue weighted by Crippen LogP contribution is 2.23. The highest BCUT2D eigenvalue weighted by atomic mass is 16.6. The van der Waals surface area contributed by atoms with Gasteiger partial charge in [-0.1, -0.05) is 23.4 Å². The van der Waals surface area contributed by atoms with Gasteiger partial charge >= 0.3 is 0 Å². The normalized spacial score (nSPS) is 10.7. The molecule has 3 aromatic rings. The Morgan fingerprint density at radius 3 is 2.67 bits per heavy atom. The van der Waals surface area contributed by atoms with Crippen LogP contribution in [0.25, 0.3) is 11.0 Å². The van der Waals surface area contributed by atoms with Crippen LogP contribution in [0.2, 0.25) is 0 Å². The summed E-state index contributed by atoms with van der Waals surface area (Å²) in [6, 6.07) is 12.0. The zero-order chi connectivity index (χ0) is 14.8. The Morgan fingerprint density at radius 2 is 2.00 bits per heavy atom. The van der Waals surface area contributed by atoms with Gasteiger partial charge < -0.3 is 4.74 Å². The van der Waals surface area contributed by atoms with E-state index in [0.29, 0.717) is 17.8 Å². The SMILES string of the molecule is COc1cccc2c1nnn2Cc1ccc([N+](=O)[O-])cc1. The van der Waals surface area contributed by atoms with Gasteiger partial charge in [-0.05, 0) is 17.7 Å². The molecule has 0 unspecified atom stereocenters. The van der Waals surface area contributed by atoms with Gasteiger partial charge in [0.15, 0.2) is 5.52 Å². The van der Waals surface area contributed by atoms with Crippen LogP contribution in [0.4, 0.5) is 5.69 Å². The molecule has 0 spiro atoms. The van der Waals surface area contributed by atoms with Gasteiger partial charge in [0.2, 0.25) is 0 Å². The Hall–Kier alpha value is -2.96. The highest BCUT2D eigenvalue weighted by molar-refractivity contribution is 5.81. The number of fused-ring (bicyclic) bond motifs is 1. The minimum absolute atomic E-state index is 0.0730. The van der Waals surface area contributed by atoms with E-state index in [0.717, 1.165) is 11.1 Å². The van der Waals surface area contributed by atoms with Crippen molar-refractivity contribution in [2.45, 2.75) is 6.54 Å². The van der Waals surface area contributed by atoms with Gasteiger partial charge in [-0.3, -0.25) is 10.1 Å². The molecule has 0 amide bonds. The number of benzene rings is 2. The lowest BCUT2D eigenvalue weighted by molar-refractivity contribution is -0.384. The van der Waals surface area contributed by atoms with Crippen LogP contribution in [-0.2, 0) is 6.54 Å². The minimum Gasteiger partial charge on any atom is -0.494 e. The molecule has 0 aliphatic rings. The number of non-ortho nitro benzene ring substituents is 1. The lowest BCUT2D eigenvalue weighted by Gasteiger charge is -2.03. The molecule has 21 heavy (non-hydrogen) atoms. The molecule has 106 valence electrons. The first-order valence-electron chi connectivity index (χ1n) is 6.28. The molecule has 1 heterocycles. The van der Waals surface area contributed by atoms with Crippen LogP contribution < -0.4 is 4.74 Å². The average molecular weight is 284 g/mol. The van der Waals surface area contributed by atoms with E-state index in [9.17, 15) is 10.1 Å². The van der Waals surface area contributed by atoms with Crippen molar-refractivity contribution in [3.05, 3.63) is 58.1 Å². The van der Waals surface area contributed by atoms with Gasteiger partial charge in [-0.25, -0.2) is 4.68 Å². The summed E-state index contributed by atoms with van der Waals surface area (Å²) in [5, 5.41) is 18.9. The summed E-state index contributed by atoms with van der Waals surface area (Å²) in [5.74, 6) is 0.669. The molecule has 0 saturated carbocycles. The predicted molar refractivity (Wildman–Crippen MR) is 76.3 cm³/mol. The van der Waals surface area contributed by atoms with Gasteiger partial charge in [0.25, 0.3) is 5.69 Å². The molecule has 0 aliphatic heterocycles. The molecule has 2 aromatic carbocycles. The maximum absolute atomic E-state index is 10.6. The number of rotatable bonds is 4. The van der Waals surface area contributed by atoms with E-state index in [4.69, 9.17) is 4.74 Å². The van der Waals surface area contributed by atoms with Crippen LogP contribution in [-0.4, -0.2) is 27.0 Å². The first-order valence-corrected chi connectivity index (χ1v) is 6.28. The molecule has 7 nitrogen and oxygen atoms in total. The molecule has 3 rings (SSSR count). The van der Waals surface area contributed by atoms with E-state index in [1.807, 2.05) is 18.2 Å². The van der Waals surface area contributed by atoms with Crippen molar-refractivity contribution in [1.82, 2.24) is 15.0 Å². The largest absolute Gasteiger partial charge is 0.494 e. The van der Waals surface area contributed by atoms with Crippen molar-refractivity contribution < 1.29 is 9.66 Å². The molecule has 0 fully saturated rings. The first-order chi connectivity index (χ1) is 10.2. The molecule has 0 radical (unpaired) electrons. The van der Waals surface area contributed by atoms with Crippen molar-refractivity contribution in [2.24, 2.45) is 0 Å². The molecule has 0 bridgehead atoms. The fourth-order valence-electron chi connectivity index (χ4n) is 2.14. The Kier molecular flexibility index (Phi) is 3.23. The molecule has 1 aromatic heterocycles. The quantitative estimate of drug-likeness (QED) is 0.542. The molecule has 0 aliphatic carbocycles. The maximum atomic E-state index is 10.6. The summed E-state index contributed by atoms with van der Waals surface area (Å²) in [5.41, 5.74) is 2.54. The smallest absolute Gasteiger partial charge is 0.269 e. The number of nitro benzene ring substituents is 1. The van der Waals surface area contributed by atoms with Crippen molar-refractivity contribution in [3.63, 3.8) is 0 Å². The zero-order valence-electron chi connectivity index (χ0n) is 11.3. The van der Waals surface area contributed by atoms with Crippen molar-refractivity contribution >= 4 is 16.7 Å². The first kappa shape index (κ1) is 13.0. The highest BCUT2D eigenvalue weighted by Gasteiger charge is 2.10. The van der Waals surface area contributed by atoms with E-state index < -0.39 is 4.92 Å². The van der Waals surface area contributed by atoms with Crippen LogP contribution >= 0.6 is 0 Å². The van der Waals surface area contributed by atoms with Gasteiger partial charge in [0.1, 0.15) is 5.75 Å². The predicted octanol–water partition coefficient (Wildman–Crippen LogP) is 2.40. The van der Waals surface area contributed by atoms with Gasteiger partial charge in [0.05, 0.1) is 24.1 Å². The lowest BCUT2D eigenvalue weighted by atomic mass is 10.2. The number of ether oxygens (including phenoxy) is 1. The Balaban J connectivity index is 1.93. The van der Waals surface area contributed by atoms with E-state index in [1.165, 1.54) is 12.1 Å². The van der Waals surface area contributed by atoms with Crippen LogP contribution in [0, 0.1) is 10.1 Å². The minimum atomic E-state index is -0.417. The summed E-state index contributed by atoms with van der Waals surface area (Å²) in [6.45, 7) is 0.488. The van der Waals surface area contributed by atoms with E-state index >= 15 is 0 Å². The fraction of sp³-hybridized carbons (Fsp3) is 0.143. The van der Waals surface area contributed by atoms with Gasteiger partial charge in [-0.15, -0.1) is 5.10 Å². The summed E-state index contributed by atoms with van der Waals surface area (Å²) in [4.78, 5) is 10.2. The summed E-state index contributed by atoms with van der Waals surface area (Å²) in [6.07, 6.45) is 0. The second kappa shape index (κ2) is 5.20.